The van der Waals surface area contributed by atoms with E-state index in [0.717, 1.165) is 6.54 Å². The number of likely N-dealkylation sites (N-methyl/N-ethyl adjacent to an activating group) is 1. The highest BCUT2D eigenvalue weighted by Crippen LogP contribution is 2.33. The van der Waals surface area contributed by atoms with Gasteiger partial charge in [0.05, 0.1) is 12.2 Å². The number of hydrogen-bond donors (Lipinski definition) is 2. The normalized spacial score (nSPS) is 22.9. The second kappa shape index (κ2) is 10.4. The van der Waals surface area contributed by atoms with Crippen molar-refractivity contribution in [2.45, 2.75) is 32.2 Å². The third kappa shape index (κ3) is 5.90. The van der Waals surface area contributed by atoms with Gasteiger partial charge in [0.15, 0.2) is 11.6 Å². The van der Waals surface area contributed by atoms with Gasteiger partial charge in [0.1, 0.15) is 17.5 Å². The van der Waals surface area contributed by atoms with Gasteiger partial charge in [-0.05, 0) is 19.4 Å². The molecule has 190 valence electrons. The lowest BCUT2D eigenvalue weighted by molar-refractivity contribution is 0.00582. The molecule has 0 bridgehead atoms. The van der Waals surface area contributed by atoms with Crippen molar-refractivity contribution in [1.82, 2.24) is 15.3 Å². The molecule has 2 aliphatic heterocycles. The maximum atomic E-state index is 15.3. The van der Waals surface area contributed by atoms with Crippen LogP contribution in [0.4, 0.5) is 25.0 Å². The number of hydrogen-bond acceptors (Lipinski definition) is 7. The molecule has 2 aromatic carbocycles. The molecule has 8 nitrogen and oxygen atoms in total. The molecule has 2 fully saturated rings. The maximum Gasteiger partial charge on any atom is 0.415 e. The average molecular weight is 490 g/mol. The van der Waals surface area contributed by atoms with Gasteiger partial charge in [0, 0.05) is 58.4 Å². The van der Waals surface area contributed by atoms with E-state index in [4.69, 9.17) is 4.74 Å². The van der Waals surface area contributed by atoms with Crippen molar-refractivity contribution < 1.29 is 23.4 Å². The SMILES string of the molecule is CC(O)NCC1(C)CN(c2cc(F)c(N3CCN(C)N(Cc4ccccc4)CC3)c(F)c2)C(=O)O1. The number of nitrogens with one attached hydrogen (secondary N) is 1. The quantitative estimate of drug-likeness (QED) is 0.580. The summed E-state index contributed by atoms with van der Waals surface area (Å²) in [6.45, 7) is 6.43. The molecule has 2 heterocycles. The van der Waals surface area contributed by atoms with Crippen LogP contribution in [-0.4, -0.2) is 79.4 Å². The number of carbonyl (C=O) groups excluding carboxylic acids is 1. The topological polar surface area (TPSA) is 71.5 Å². The van der Waals surface area contributed by atoms with E-state index in [1.54, 1.807) is 18.7 Å². The molecular weight excluding hydrogens is 456 g/mol. The number of hydrazine groups is 1. The zero-order chi connectivity index (χ0) is 25.2. The number of amides is 1. The summed E-state index contributed by atoms with van der Waals surface area (Å²) >= 11 is 0. The molecule has 1 amide bonds. The number of ether oxygens (including phenoxy) is 1. The maximum absolute atomic E-state index is 15.3. The fraction of sp³-hybridized carbons (Fsp3) is 0.480. The second-order valence-corrected chi connectivity index (χ2v) is 9.46. The Kier molecular flexibility index (Phi) is 7.56. The molecule has 0 saturated carbocycles. The Morgan fingerprint density at radius 3 is 2.43 bits per heavy atom. The van der Waals surface area contributed by atoms with E-state index in [9.17, 15) is 9.90 Å². The molecule has 10 heteroatoms. The van der Waals surface area contributed by atoms with Crippen molar-refractivity contribution in [3.63, 3.8) is 0 Å². The molecule has 0 spiro atoms. The lowest BCUT2D eigenvalue weighted by atomic mass is 10.1. The van der Waals surface area contributed by atoms with E-state index in [0.29, 0.717) is 26.2 Å². The van der Waals surface area contributed by atoms with E-state index in [2.05, 4.69) is 27.5 Å². The molecule has 2 unspecified atom stereocenters. The van der Waals surface area contributed by atoms with Gasteiger partial charge in [-0.3, -0.25) is 10.2 Å². The van der Waals surface area contributed by atoms with Gasteiger partial charge in [-0.25, -0.2) is 23.6 Å². The first-order valence-electron chi connectivity index (χ1n) is 11.8. The molecule has 2 aromatic rings. The number of anilines is 2. The Bertz CT molecular complexity index is 1020. The lowest BCUT2D eigenvalue weighted by Crippen LogP contribution is -2.44. The third-order valence-corrected chi connectivity index (χ3v) is 6.46. The van der Waals surface area contributed by atoms with Gasteiger partial charge < -0.3 is 14.7 Å². The minimum atomic E-state index is -0.933. The van der Waals surface area contributed by atoms with Gasteiger partial charge in [-0.1, -0.05) is 30.3 Å². The Morgan fingerprint density at radius 2 is 1.77 bits per heavy atom. The zero-order valence-electron chi connectivity index (χ0n) is 20.4. The summed E-state index contributed by atoms with van der Waals surface area (Å²) in [5, 5.41) is 16.5. The summed E-state index contributed by atoms with van der Waals surface area (Å²) < 4.78 is 36.0. The second-order valence-electron chi connectivity index (χ2n) is 9.46. The first-order valence-corrected chi connectivity index (χ1v) is 11.8. The van der Waals surface area contributed by atoms with Gasteiger partial charge in [-0.2, -0.15) is 0 Å². The fourth-order valence-electron chi connectivity index (χ4n) is 4.50. The average Bonchev–Trinajstić information content (AvgIpc) is 3.01. The summed E-state index contributed by atoms with van der Waals surface area (Å²) in [6, 6.07) is 12.4. The van der Waals surface area contributed by atoms with Gasteiger partial charge in [-0.15, -0.1) is 0 Å². The van der Waals surface area contributed by atoms with Crippen LogP contribution in [0, 0.1) is 11.6 Å². The summed E-state index contributed by atoms with van der Waals surface area (Å²) in [6.07, 6.45) is -1.45. The predicted molar refractivity (Wildman–Crippen MR) is 130 cm³/mol. The predicted octanol–water partition coefficient (Wildman–Crippen LogP) is 2.78. The zero-order valence-corrected chi connectivity index (χ0v) is 20.4. The largest absolute Gasteiger partial charge is 0.440 e. The van der Waals surface area contributed by atoms with Crippen molar-refractivity contribution in [3.05, 3.63) is 59.7 Å². The van der Waals surface area contributed by atoms with Crippen LogP contribution in [0.3, 0.4) is 0 Å². The van der Waals surface area contributed by atoms with Crippen LogP contribution in [0.15, 0.2) is 42.5 Å². The molecule has 2 saturated heterocycles. The molecule has 35 heavy (non-hydrogen) atoms. The number of rotatable bonds is 7. The monoisotopic (exact) mass is 489 g/mol. The molecule has 2 aliphatic rings. The van der Waals surface area contributed by atoms with Crippen LogP contribution in [0.5, 0.6) is 0 Å². The summed E-state index contributed by atoms with van der Waals surface area (Å²) in [7, 11) is 1.98. The number of aliphatic hydroxyl groups is 1. The third-order valence-electron chi connectivity index (χ3n) is 6.46. The highest BCUT2D eigenvalue weighted by molar-refractivity contribution is 5.90. The van der Waals surface area contributed by atoms with E-state index < -0.39 is 29.6 Å². The Hall–Kier alpha value is -2.79. The van der Waals surface area contributed by atoms with Gasteiger partial charge >= 0.3 is 6.09 Å². The highest BCUT2D eigenvalue weighted by Gasteiger charge is 2.42. The van der Waals surface area contributed by atoms with Crippen molar-refractivity contribution in [3.8, 4) is 0 Å². The number of cyclic esters (lactones) is 1. The number of nitrogens with zero attached hydrogens (tertiary/aromatic N) is 4. The number of benzene rings is 2. The van der Waals surface area contributed by atoms with Crippen LogP contribution >= 0.6 is 0 Å². The van der Waals surface area contributed by atoms with E-state index in [1.165, 1.54) is 22.6 Å². The van der Waals surface area contributed by atoms with Crippen molar-refractivity contribution in [2.24, 2.45) is 0 Å². The molecule has 0 radical (unpaired) electrons. The van der Waals surface area contributed by atoms with Crippen LogP contribution in [0.25, 0.3) is 0 Å². The lowest BCUT2D eigenvalue weighted by Gasteiger charge is -2.29. The Morgan fingerprint density at radius 1 is 1.11 bits per heavy atom. The van der Waals surface area contributed by atoms with E-state index in [-0.39, 0.29) is 24.5 Å². The molecule has 2 N–H and O–H groups in total. The van der Waals surface area contributed by atoms with Crippen molar-refractivity contribution >= 4 is 17.5 Å². The number of carbonyl (C=O) groups is 1. The summed E-state index contributed by atoms with van der Waals surface area (Å²) in [5.41, 5.74) is 0.252. The molecular formula is C25H33F2N5O3. The van der Waals surface area contributed by atoms with Gasteiger partial charge in [0.2, 0.25) is 0 Å². The van der Waals surface area contributed by atoms with Crippen LogP contribution in [-0.2, 0) is 11.3 Å². The molecule has 0 aromatic heterocycles. The number of aliphatic hydroxyl groups excluding tert-OH is 1. The first-order chi connectivity index (χ1) is 16.6. The van der Waals surface area contributed by atoms with Crippen molar-refractivity contribution in [1.29, 1.82) is 0 Å². The molecule has 4 rings (SSSR count). The van der Waals surface area contributed by atoms with Crippen LogP contribution in [0.1, 0.15) is 19.4 Å². The van der Waals surface area contributed by atoms with E-state index >= 15 is 8.78 Å². The standard InChI is InChI=1S/C25H33F2N5O3/c1-18(33)28-16-25(2)17-32(24(34)35-25)20-13-21(26)23(22(27)14-20)30-10-9-29(3)31(12-11-30)15-19-7-5-4-6-8-19/h4-8,13-14,18,28,33H,9-12,15-17H2,1-3H3. The minimum Gasteiger partial charge on any atom is -0.440 e. The first kappa shape index (κ1) is 25.3. The number of halogens is 2. The van der Waals surface area contributed by atoms with Crippen LogP contribution in [0.2, 0.25) is 0 Å². The smallest absolute Gasteiger partial charge is 0.415 e. The minimum absolute atomic E-state index is 0.0881. The molecule has 0 aliphatic carbocycles. The van der Waals surface area contributed by atoms with Gasteiger partial charge in [0.25, 0.3) is 0 Å². The van der Waals surface area contributed by atoms with Crippen LogP contribution < -0.4 is 15.1 Å². The highest BCUT2D eigenvalue weighted by atomic mass is 19.1. The summed E-state index contributed by atoms with van der Waals surface area (Å²) in [5.74, 6) is -1.44. The summed E-state index contributed by atoms with van der Waals surface area (Å²) in [4.78, 5) is 15.4. The van der Waals surface area contributed by atoms with Crippen molar-refractivity contribution in [2.75, 3.05) is 56.1 Å². The Labute approximate surface area is 204 Å². The molecule has 2 atom stereocenters. The fourth-order valence-corrected chi connectivity index (χ4v) is 4.50. The van der Waals surface area contributed by atoms with E-state index in [1.807, 2.05) is 25.2 Å². The Balaban J connectivity index is 1.47.